The van der Waals surface area contributed by atoms with Gasteiger partial charge in [-0.1, -0.05) is 28.8 Å². The van der Waals surface area contributed by atoms with Crippen molar-refractivity contribution in [2.45, 2.75) is 38.6 Å². The van der Waals surface area contributed by atoms with E-state index in [1.54, 1.807) is 0 Å². The fourth-order valence-electron chi connectivity index (χ4n) is 2.73. The van der Waals surface area contributed by atoms with Crippen molar-refractivity contribution in [2.75, 3.05) is 5.32 Å². The first kappa shape index (κ1) is 12.7. The molecule has 1 aromatic heterocycles. The molecule has 19 heavy (non-hydrogen) atoms. The second-order valence-corrected chi connectivity index (χ2v) is 6.10. The van der Waals surface area contributed by atoms with Gasteiger partial charge >= 0.3 is 0 Å². The Hall–Kier alpha value is -1.29. The second-order valence-electron chi connectivity index (χ2n) is 5.18. The average molecular weight is 320 g/mol. The summed E-state index contributed by atoms with van der Waals surface area (Å²) in [7, 11) is 0. The van der Waals surface area contributed by atoms with Crippen molar-refractivity contribution >= 4 is 27.6 Å². The summed E-state index contributed by atoms with van der Waals surface area (Å²) in [6.07, 6.45) is 7.37. The van der Waals surface area contributed by atoms with Crippen molar-refractivity contribution in [3.8, 4) is 0 Å². The molecular formula is C15H18BrN3. The zero-order valence-electron chi connectivity index (χ0n) is 11.1. The normalized spacial score (nSPS) is 15.9. The molecule has 0 amide bonds. The molecule has 0 unspecified atom stereocenters. The van der Waals surface area contributed by atoms with E-state index in [0.717, 1.165) is 21.8 Å². The minimum atomic E-state index is 0.610. The molecule has 1 aliphatic rings. The topological polar surface area (TPSA) is 29.9 Å². The Morgan fingerprint density at radius 3 is 2.58 bits per heavy atom. The summed E-state index contributed by atoms with van der Waals surface area (Å²) in [4.78, 5) is 4.61. The van der Waals surface area contributed by atoms with Crippen LogP contribution in [0.15, 0.2) is 34.9 Å². The monoisotopic (exact) mass is 319 g/mol. The standard InChI is InChI=1S/C15H18BrN3/c1-11-10-19(14-4-2-3-5-14)15(17-11)18-13-8-6-12(16)7-9-13/h6-10,14H,2-5H2,1H3,(H,17,18). The van der Waals surface area contributed by atoms with E-state index in [0.29, 0.717) is 6.04 Å². The van der Waals surface area contributed by atoms with Crippen molar-refractivity contribution in [3.63, 3.8) is 0 Å². The van der Waals surface area contributed by atoms with Crippen LogP contribution in [0.3, 0.4) is 0 Å². The van der Waals surface area contributed by atoms with Gasteiger partial charge in [-0.2, -0.15) is 0 Å². The number of halogens is 1. The van der Waals surface area contributed by atoms with E-state index in [1.807, 2.05) is 12.1 Å². The smallest absolute Gasteiger partial charge is 0.207 e. The van der Waals surface area contributed by atoms with Crippen LogP contribution in [-0.4, -0.2) is 9.55 Å². The quantitative estimate of drug-likeness (QED) is 0.879. The highest BCUT2D eigenvalue weighted by Crippen LogP contribution is 2.33. The van der Waals surface area contributed by atoms with Crippen LogP contribution in [0.5, 0.6) is 0 Å². The van der Waals surface area contributed by atoms with E-state index in [2.05, 4.69) is 56.1 Å². The number of rotatable bonds is 3. The van der Waals surface area contributed by atoms with E-state index in [-0.39, 0.29) is 0 Å². The van der Waals surface area contributed by atoms with Gasteiger partial charge in [0, 0.05) is 22.4 Å². The molecule has 0 bridgehead atoms. The number of aromatic nitrogens is 2. The van der Waals surface area contributed by atoms with Crippen LogP contribution in [0.25, 0.3) is 0 Å². The van der Waals surface area contributed by atoms with E-state index >= 15 is 0 Å². The maximum absolute atomic E-state index is 4.61. The fourth-order valence-corrected chi connectivity index (χ4v) is 3.00. The lowest BCUT2D eigenvalue weighted by atomic mass is 10.2. The lowest BCUT2D eigenvalue weighted by molar-refractivity contribution is 0.524. The first-order valence-electron chi connectivity index (χ1n) is 6.80. The highest BCUT2D eigenvalue weighted by Gasteiger charge is 2.20. The molecule has 0 saturated heterocycles. The summed E-state index contributed by atoms with van der Waals surface area (Å²) in [5, 5.41) is 3.43. The first-order valence-corrected chi connectivity index (χ1v) is 7.60. The minimum Gasteiger partial charge on any atom is -0.326 e. The number of aryl methyl sites for hydroxylation is 1. The molecule has 100 valence electrons. The molecular weight excluding hydrogens is 302 g/mol. The number of nitrogens with one attached hydrogen (secondary N) is 1. The SMILES string of the molecule is Cc1cn(C2CCCC2)c(Nc2ccc(Br)cc2)n1. The fraction of sp³-hybridized carbons (Fsp3) is 0.400. The number of anilines is 2. The Morgan fingerprint density at radius 1 is 1.21 bits per heavy atom. The van der Waals surface area contributed by atoms with Crippen molar-refractivity contribution < 1.29 is 0 Å². The summed E-state index contributed by atoms with van der Waals surface area (Å²) in [6, 6.07) is 8.81. The Labute approximate surface area is 122 Å². The van der Waals surface area contributed by atoms with E-state index in [9.17, 15) is 0 Å². The molecule has 3 rings (SSSR count). The maximum atomic E-state index is 4.61. The molecule has 1 N–H and O–H groups in total. The maximum Gasteiger partial charge on any atom is 0.207 e. The molecule has 0 atom stereocenters. The molecule has 1 fully saturated rings. The van der Waals surface area contributed by atoms with E-state index in [4.69, 9.17) is 0 Å². The first-order chi connectivity index (χ1) is 9.22. The van der Waals surface area contributed by atoms with Gasteiger partial charge in [-0.15, -0.1) is 0 Å². The van der Waals surface area contributed by atoms with Crippen molar-refractivity contribution in [3.05, 3.63) is 40.6 Å². The van der Waals surface area contributed by atoms with Gasteiger partial charge in [-0.3, -0.25) is 0 Å². The van der Waals surface area contributed by atoms with Crippen molar-refractivity contribution in [1.82, 2.24) is 9.55 Å². The lowest BCUT2D eigenvalue weighted by Gasteiger charge is -2.15. The number of hydrogen-bond donors (Lipinski definition) is 1. The van der Waals surface area contributed by atoms with Gasteiger partial charge < -0.3 is 9.88 Å². The highest BCUT2D eigenvalue weighted by atomic mass is 79.9. The molecule has 0 spiro atoms. The summed E-state index contributed by atoms with van der Waals surface area (Å²) < 4.78 is 3.40. The summed E-state index contributed by atoms with van der Waals surface area (Å²) in [6.45, 7) is 2.05. The van der Waals surface area contributed by atoms with Gasteiger partial charge in [0.05, 0.1) is 5.69 Å². The van der Waals surface area contributed by atoms with Crippen LogP contribution in [0.2, 0.25) is 0 Å². The summed E-state index contributed by atoms with van der Waals surface area (Å²) >= 11 is 3.45. The van der Waals surface area contributed by atoms with Gasteiger partial charge in [0.2, 0.25) is 5.95 Å². The average Bonchev–Trinajstić information content (AvgIpc) is 3.01. The largest absolute Gasteiger partial charge is 0.326 e. The van der Waals surface area contributed by atoms with Crippen LogP contribution < -0.4 is 5.32 Å². The summed E-state index contributed by atoms with van der Waals surface area (Å²) in [5.41, 5.74) is 2.15. The number of nitrogens with zero attached hydrogens (tertiary/aromatic N) is 2. The molecule has 2 aromatic rings. The summed E-state index contributed by atoms with van der Waals surface area (Å²) in [5.74, 6) is 0.965. The number of benzene rings is 1. The third-order valence-corrected chi connectivity index (χ3v) is 4.20. The predicted octanol–water partition coefficient (Wildman–Crippen LogP) is 4.81. The van der Waals surface area contributed by atoms with Gasteiger partial charge in [-0.25, -0.2) is 4.98 Å². The van der Waals surface area contributed by atoms with Crippen LogP contribution in [0.4, 0.5) is 11.6 Å². The molecule has 1 heterocycles. The Morgan fingerprint density at radius 2 is 1.89 bits per heavy atom. The predicted molar refractivity (Wildman–Crippen MR) is 81.9 cm³/mol. The third kappa shape index (κ3) is 2.84. The van der Waals surface area contributed by atoms with Crippen LogP contribution >= 0.6 is 15.9 Å². The highest BCUT2D eigenvalue weighted by molar-refractivity contribution is 9.10. The van der Waals surface area contributed by atoms with Gasteiger partial charge in [0.25, 0.3) is 0 Å². The van der Waals surface area contributed by atoms with Crippen LogP contribution in [0, 0.1) is 6.92 Å². The molecule has 1 aliphatic carbocycles. The number of imidazole rings is 1. The third-order valence-electron chi connectivity index (χ3n) is 3.67. The van der Waals surface area contributed by atoms with E-state index < -0.39 is 0 Å². The minimum absolute atomic E-state index is 0.610. The number of hydrogen-bond acceptors (Lipinski definition) is 2. The zero-order chi connectivity index (χ0) is 13.2. The molecule has 3 nitrogen and oxygen atoms in total. The molecule has 0 radical (unpaired) electrons. The molecule has 1 aromatic carbocycles. The molecule has 4 heteroatoms. The van der Waals surface area contributed by atoms with Crippen LogP contribution in [0.1, 0.15) is 37.4 Å². The van der Waals surface area contributed by atoms with E-state index in [1.165, 1.54) is 25.7 Å². The Bertz CT molecular complexity index is 553. The van der Waals surface area contributed by atoms with Crippen LogP contribution in [-0.2, 0) is 0 Å². The van der Waals surface area contributed by atoms with Crippen molar-refractivity contribution in [2.24, 2.45) is 0 Å². The Balaban J connectivity index is 1.85. The molecule has 1 saturated carbocycles. The van der Waals surface area contributed by atoms with Gasteiger partial charge in [0.15, 0.2) is 0 Å². The second kappa shape index (κ2) is 5.37. The zero-order valence-corrected chi connectivity index (χ0v) is 12.7. The lowest BCUT2D eigenvalue weighted by Crippen LogP contribution is -2.07. The molecule has 0 aliphatic heterocycles. The van der Waals surface area contributed by atoms with Crippen molar-refractivity contribution in [1.29, 1.82) is 0 Å². The Kier molecular flexibility index (Phi) is 3.60. The van der Waals surface area contributed by atoms with Gasteiger partial charge in [-0.05, 0) is 44.0 Å². The van der Waals surface area contributed by atoms with Gasteiger partial charge in [0.1, 0.15) is 0 Å².